The highest BCUT2D eigenvalue weighted by Gasteiger charge is 2.30. The Balaban J connectivity index is 1.73. The van der Waals surface area contributed by atoms with E-state index < -0.39 is 10.0 Å². The lowest BCUT2D eigenvalue weighted by atomic mass is 10.2. The SMILES string of the molecule is CCCCCNC(=O)c1ccc(S(=O)(=O)N2CCc3ccccc32)cc1. The van der Waals surface area contributed by atoms with Gasteiger partial charge in [0.2, 0.25) is 0 Å². The first-order valence-electron chi connectivity index (χ1n) is 9.03. The van der Waals surface area contributed by atoms with Crippen LogP contribution in [0.25, 0.3) is 0 Å². The number of para-hydroxylation sites is 1. The zero-order chi connectivity index (χ0) is 18.6. The molecule has 1 aliphatic rings. The van der Waals surface area contributed by atoms with Crippen molar-refractivity contribution in [3.05, 3.63) is 59.7 Å². The van der Waals surface area contributed by atoms with Gasteiger partial charge in [-0.05, 0) is 48.7 Å². The Morgan fingerprint density at radius 2 is 1.81 bits per heavy atom. The lowest BCUT2D eigenvalue weighted by Crippen LogP contribution is -2.29. The van der Waals surface area contributed by atoms with E-state index in [1.807, 2.05) is 24.3 Å². The Hall–Kier alpha value is -2.34. The average molecular weight is 372 g/mol. The molecule has 0 radical (unpaired) electrons. The Bertz CT molecular complexity index is 876. The molecule has 0 saturated heterocycles. The van der Waals surface area contributed by atoms with Crippen molar-refractivity contribution >= 4 is 21.6 Å². The van der Waals surface area contributed by atoms with Gasteiger partial charge in [-0.2, -0.15) is 0 Å². The summed E-state index contributed by atoms with van der Waals surface area (Å²) in [6, 6.07) is 13.7. The number of hydrogen-bond donors (Lipinski definition) is 1. The summed E-state index contributed by atoms with van der Waals surface area (Å²) in [6.45, 7) is 3.19. The van der Waals surface area contributed by atoms with E-state index in [4.69, 9.17) is 0 Å². The van der Waals surface area contributed by atoms with Crippen LogP contribution in [0, 0.1) is 0 Å². The van der Waals surface area contributed by atoms with Gasteiger partial charge in [0.25, 0.3) is 15.9 Å². The number of rotatable bonds is 7. The summed E-state index contributed by atoms with van der Waals surface area (Å²) >= 11 is 0. The first-order chi connectivity index (χ1) is 12.5. The Labute approximate surface area is 155 Å². The molecular formula is C20H24N2O3S. The summed E-state index contributed by atoms with van der Waals surface area (Å²) in [6.07, 6.45) is 3.84. The lowest BCUT2D eigenvalue weighted by molar-refractivity contribution is 0.0953. The second-order valence-corrected chi connectivity index (χ2v) is 8.31. The second-order valence-electron chi connectivity index (χ2n) is 6.44. The van der Waals surface area contributed by atoms with Crippen LogP contribution in [0.5, 0.6) is 0 Å². The van der Waals surface area contributed by atoms with Crippen molar-refractivity contribution in [1.29, 1.82) is 0 Å². The number of nitrogens with one attached hydrogen (secondary N) is 1. The summed E-state index contributed by atoms with van der Waals surface area (Å²) in [5.74, 6) is -0.170. The third-order valence-electron chi connectivity index (χ3n) is 4.61. The first-order valence-corrected chi connectivity index (χ1v) is 10.5. The van der Waals surface area contributed by atoms with Crippen LogP contribution < -0.4 is 9.62 Å². The third-order valence-corrected chi connectivity index (χ3v) is 6.44. The Kier molecular flexibility index (Phi) is 5.61. The van der Waals surface area contributed by atoms with Crippen molar-refractivity contribution in [3.8, 4) is 0 Å². The normalized spacial score (nSPS) is 13.5. The smallest absolute Gasteiger partial charge is 0.264 e. The van der Waals surface area contributed by atoms with E-state index in [1.165, 1.54) is 16.4 Å². The maximum atomic E-state index is 12.9. The molecular weight excluding hydrogens is 348 g/mol. The van der Waals surface area contributed by atoms with Gasteiger partial charge >= 0.3 is 0 Å². The Morgan fingerprint density at radius 1 is 1.08 bits per heavy atom. The third kappa shape index (κ3) is 3.75. The van der Waals surface area contributed by atoms with E-state index in [2.05, 4.69) is 12.2 Å². The van der Waals surface area contributed by atoms with Gasteiger partial charge in [-0.3, -0.25) is 9.10 Å². The molecule has 6 heteroatoms. The highest BCUT2D eigenvalue weighted by molar-refractivity contribution is 7.92. The lowest BCUT2D eigenvalue weighted by Gasteiger charge is -2.19. The number of benzene rings is 2. The van der Waals surface area contributed by atoms with E-state index in [0.29, 0.717) is 25.1 Å². The van der Waals surface area contributed by atoms with Crippen LogP contribution in [-0.2, 0) is 16.4 Å². The topological polar surface area (TPSA) is 66.5 Å². The van der Waals surface area contributed by atoms with Crippen LogP contribution in [0.4, 0.5) is 5.69 Å². The standard InChI is InChI=1S/C20H24N2O3S/c1-2-3-6-14-21-20(23)17-9-11-18(12-10-17)26(24,25)22-15-13-16-7-4-5-8-19(16)22/h4-5,7-12H,2-3,6,13-15H2,1H3,(H,21,23). The van der Waals surface area contributed by atoms with Gasteiger partial charge < -0.3 is 5.32 Å². The number of unbranched alkanes of at least 4 members (excludes halogenated alkanes) is 2. The highest BCUT2D eigenvalue weighted by Crippen LogP contribution is 2.32. The van der Waals surface area contributed by atoms with E-state index >= 15 is 0 Å². The minimum Gasteiger partial charge on any atom is -0.352 e. The number of sulfonamides is 1. The molecule has 0 atom stereocenters. The van der Waals surface area contributed by atoms with Gasteiger partial charge in [-0.25, -0.2) is 8.42 Å². The summed E-state index contributed by atoms with van der Waals surface area (Å²) < 4.78 is 27.3. The van der Waals surface area contributed by atoms with Crippen molar-refractivity contribution in [2.24, 2.45) is 0 Å². The van der Waals surface area contributed by atoms with Crippen LogP contribution in [-0.4, -0.2) is 27.4 Å². The molecule has 0 saturated carbocycles. The van der Waals surface area contributed by atoms with Crippen LogP contribution in [0.1, 0.15) is 42.1 Å². The van der Waals surface area contributed by atoms with Crippen molar-refractivity contribution in [3.63, 3.8) is 0 Å². The minimum atomic E-state index is -3.62. The fraction of sp³-hybridized carbons (Fsp3) is 0.350. The number of hydrogen-bond acceptors (Lipinski definition) is 3. The van der Waals surface area contributed by atoms with Crippen molar-refractivity contribution < 1.29 is 13.2 Å². The van der Waals surface area contributed by atoms with E-state index in [-0.39, 0.29) is 10.8 Å². The molecule has 26 heavy (non-hydrogen) atoms. The van der Waals surface area contributed by atoms with Crippen molar-refractivity contribution in [1.82, 2.24) is 5.32 Å². The molecule has 0 aromatic heterocycles. The summed E-state index contributed by atoms with van der Waals surface area (Å²) in [4.78, 5) is 12.3. The predicted molar refractivity (Wildman–Crippen MR) is 103 cm³/mol. The zero-order valence-corrected chi connectivity index (χ0v) is 15.8. The molecule has 5 nitrogen and oxygen atoms in total. The Morgan fingerprint density at radius 3 is 2.54 bits per heavy atom. The molecule has 1 N–H and O–H groups in total. The molecule has 138 valence electrons. The quantitative estimate of drug-likeness (QED) is 0.758. The zero-order valence-electron chi connectivity index (χ0n) is 14.9. The van der Waals surface area contributed by atoms with Crippen LogP contribution in [0.3, 0.4) is 0 Å². The van der Waals surface area contributed by atoms with E-state index in [0.717, 1.165) is 30.5 Å². The molecule has 0 unspecified atom stereocenters. The summed E-state index contributed by atoms with van der Waals surface area (Å²) in [7, 11) is -3.62. The molecule has 1 heterocycles. The largest absolute Gasteiger partial charge is 0.352 e. The number of fused-ring (bicyclic) bond motifs is 1. The fourth-order valence-electron chi connectivity index (χ4n) is 3.14. The second kappa shape index (κ2) is 7.91. The average Bonchev–Trinajstić information content (AvgIpc) is 3.10. The van der Waals surface area contributed by atoms with Crippen LogP contribution in [0.2, 0.25) is 0 Å². The fourth-order valence-corrected chi connectivity index (χ4v) is 4.65. The highest BCUT2D eigenvalue weighted by atomic mass is 32.2. The number of carbonyl (C=O) groups is 1. The van der Waals surface area contributed by atoms with E-state index in [1.54, 1.807) is 12.1 Å². The number of anilines is 1. The first kappa shape index (κ1) is 18.5. The van der Waals surface area contributed by atoms with Gasteiger partial charge in [0.05, 0.1) is 10.6 Å². The van der Waals surface area contributed by atoms with Crippen molar-refractivity contribution in [2.75, 3.05) is 17.4 Å². The molecule has 2 aromatic carbocycles. The van der Waals surface area contributed by atoms with Gasteiger partial charge in [0.1, 0.15) is 0 Å². The molecule has 1 amide bonds. The number of amides is 1. The maximum absolute atomic E-state index is 12.9. The van der Waals surface area contributed by atoms with Gasteiger partial charge in [0, 0.05) is 18.7 Å². The summed E-state index contributed by atoms with van der Waals surface area (Å²) in [5.41, 5.74) is 2.26. The van der Waals surface area contributed by atoms with Crippen molar-refractivity contribution in [2.45, 2.75) is 37.5 Å². The molecule has 0 spiro atoms. The summed E-state index contributed by atoms with van der Waals surface area (Å²) in [5, 5.41) is 2.86. The molecule has 3 rings (SSSR count). The predicted octanol–water partition coefficient (Wildman–Crippen LogP) is 3.36. The molecule has 0 aliphatic carbocycles. The van der Waals surface area contributed by atoms with Crippen LogP contribution >= 0.6 is 0 Å². The monoisotopic (exact) mass is 372 g/mol. The van der Waals surface area contributed by atoms with Gasteiger partial charge in [-0.15, -0.1) is 0 Å². The molecule has 1 aliphatic heterocycles. The minimum absolute atomic E-state index is 0.170. The van der Waals surface area contributed by atoms with Crippen LogP contribution in [0.15, 0.2) is 53.4 Å². The van der Waals surface area contributed by atoms with Gasteiger partial charge in [-0.1, -0.05) is 38.0 Å². The van der Waals surface area contributed by atoms with E-state index in [9.17, 15) is 13.2 Å². The number of carbonyl (C=O) groups excluding carboxylic acids is 1. The molecule has 0 bridgehead atoms. The van der Waals surface area contributed by atoms with Gasteiger partial charge in [0.15, 0.2) is 0 Å². The maximum Gasteiger partial charge on any atom is 0.264 e. The molecule has 2 aromatic rings. The number of nitrogens with zero attached hydrogens (tertiary/aromatic N) is 1. The molecule has 0 fully saturated rings.